The van der Waals surface area contributed by atoms with Gasteiger partial charge in [-0.2, -0.15) is 0 Å². The summed E-state index contributed by atoms with van der Waals surface area (Å²) in [6, 6.07) is -0.363. The summed E-state index contributed by atoms with van der Waals surface area (Å²) >= 11 is 1.32. The molecule has 0 atom stereocenters. The van der Waals surface area contributed by atoms with E-state index in [1.54, 1.807) is 0 Å². The van der Waals surface area contributed by atoms with E-state index in [0.717, 1.165) is 11.4 Å². The van der Waals surface area contributed by atoms with Crippen LogP contribution in [-0.2, 0) is 11.2 Å². The summed E-state index contributed by atoms with van der Waals surface area (Å²) in [5, 5.41) is 20.5. The number of aryl methyl sites for hydroxylation is 1. The summed E-state index contributed by atoms with van der Waals surface area (Å²) < 4.78 is 0. The highest BCUT2D eigenvalue weighted by Gasteiger charge is 2.27. The minimum Gasteiger partial charge on any atom is -0.481 e. The van der Waals surface area contributed by atoms with Gasteiger partial charge in [0.25, 0.3) is 0 Å². The van der Waals surface area contributed by atoms with Gasteiger partial charge < -0.3 is 10.0 Å². The average Bonchev–Trinajstić information content (AvgIpc) is 2.74. The Labute approximate surface area is 122 Å². The van der Waals surface area contributed by atoms with Gasteiger partial charge in [-0.25, -0.2) is 4.79 Å². The number of nitrogens with one attached hydrogen (secondary N) is 1. The zero-order valence-electron chi connectivity index (χ0n) is 12.1. The van der Waals surface area contributed by atoms with Crippen LogP contribution in [0, 0.1) is 0 Å². The molecule has 0 aliphatic rings. The summed E-state index contributed by atoms with van der Waals surface area (Å²) in [6.45, 7) is 7.66. The molecule has 1 heterocycles. The first-order valence-corrected chi connectivity index (χ1v) is 7.18. The molecule has 0 fully saturated rings. The second-order valence-corrected chi connectivity index (χ2v) is 6.31. The number of aliphatic carboxylic acids is 1. The van der Waals surface area contributed by atoms with Crippen molar-refractivity contribution in [2.24, 2.45) is 0 Å². The van der Waals surface area contributed by atoms with E-state index < -0.39 is 11.5 Å². The maximum atomic E-state index is 12.2. The molecule has 2 N–H and O–H groups in total. The molecular weight excluding hydrogens is 280 g/mol. The van der Waals surface area contributed by atoms with Crippen molar-refractivity contribution in [2.45, 2.75) is 46.1 Å². The predicted molar refractivity (Wildman–Crippen MR) is 77.0 cm³/mol. The lowest BCUT2D eigenvalue weighted by Gasteiger charge is -2.35. The average molecular weight is 300 g/mol. The number of carbonyl (C=O) groups is 2. The van der Waals surface area contributed by atoms with Crippen molar-refractivity contribution in [1.29, 1.82) is 0 Å². The topological polar surface area (TPSA) is 95.4 Å². The van der Waals surface area contributed by atoms with Crippen molar-refractivity contribution >= 4 is 28.5 Å². The van der Waals surface area contributed by atoms with E-state index >= 15 is 0 Å². The standard InChI is InChI=1S/C12H20N4O3S/c1-5-8-14-15-10(20-8)13-11(19)16(12(2,3)4)7-6-9(17)18/h5-7H2,1-4H3,(H,17,18)(H,13,15,19). The number of amides is 2. The van der Waals surface area contributed by atoms with Gasteiger partial charge in [-0.05, 0) is 27.2 Å². The first-order valence-electron chi connectivity index (χ1n) is 6.36. The molecule has 2 amide bonds. The summed E-state index contributed by atoms with van der Waals surface area (Å²) in [7, 11) is 0. The van der Waals surface area contributed by atoms with Crippen LogP contribution in [0.15, 0.2) is 0 Å². The molecule has 0 bridgehead atoms. The fourth-order valence-corrected chi connectivity index (χ4v) is 2.22. The van der Waals surface area contributed by atoms with Crippen molar-refractivity contribution in [3.63, 3.8) is 0 Å². The number of carbonyl (C=O) groups excluding carboxylic acids is 1. The first-order chi connectivity index (χ1) is 9.24. The Kier molecular flexibility index (Phi) is 5.43. The highest BCUT2D eigenvalue weighted by molar-refractivity contribution is 7.15. The SMILES string of the molecule is CCc1nnc(NC(=O)N(CCC(=O)O)C(C)(C)C)s1. The van der Waals surface area contributed by atoms with Crippen molar-refractivity contribution in [2.75, 3.05) is 11.9 Å². The van der Waals surface area contributed by atoms with Crippen LogP contribution in [0.1, 0.15) is 39.1 Å². The molecule has 1 aromatic rings. The van der Waals surface area contributed by atoms with E-state index in [2.05, 4.69) is 15.5 Å². The molecule has 0 saturated heterocycles. The number of aromatic nitrogens is 2. The van der Waals surface area contributed by atoms with Crippen LogP contribution in [0.5, 0.6) is 0 Å². The van der Waals surface area contributed by atoms with E-state index in [4.69, 9.17) is 5.11 Å². The smallest absolute Gasteiger partial charge is 0.324 e. The highest BCUT2D eigenvalue weighted by atomic mass is 32.1. The Bertz CT molecular complexity index is 481. The minimum absolute atomic E-state index is 0.0962. The molecule has 0 aromatic carbocycles. The minimum atomic E-state index is -0.934. The Morgan fingerprint density at radius 1 is 1.35 bits per heavy atom. The first kappa shape index (κ1) is 16.4. The number of nitrogens with zero attached hydrogens (tertiary/aromatic N) is 3. The third-order valence-corrected chi connectivity index (χ3v) is 3.57. The van der Waals surface area contributed by atoms with Crippen LogP contribution in [0.2, 0.25) is 0 Å². The molecule has 8 heteroatoms. The van der Waals surface area contributed by atoms with Crippen LogP contribution in [-0.4, -0.2) is 44.3 Å². The number of carboxylic acid groups (broad SMARTS) is 1. The number of rotatable bonds is 5. The maximum Gasteiger partial charge on any atom is 0.324 e. The Morgan fingerprint density at radius 2 is 2.00 bits per heavy atom. The predicted octanol–water partition coefficient (Wildman–Crippen LogP) is 2.21. The van der Waals surface area contributed by atoms with E-state index in [9.17, 15) is 9.59 Å². The zero-order valence-corrected chi connectivity index (χ0v) is 13.0. The number of carboxylic acids is 1. The monoisotopic (exact) mass is 300 g/mol. The third kappa shape index (κ3) is 4.76. The maximum absolute atomic E-state index is 12.2. The molecule has 1 rings (SSSR count). The molecule has 0 radical (unpaired) electrons. The molecule has 7 nitrogen and oxygen atoms in total. The number of anilines is 1. The van der Waals surface area contributed by atoms with Gasteiger partial charge in [0.2, 0.25) is 5.13 Å². The highest BCUT2D eigenvalue weighted by Crippen LogP contribution is 2.19. The molecule has 0 aliphatic heterocycles. The molecule has 0 aliphatic carbocycles. The quantitative estimate of drug-likeness (QED) is 0.869. The van der Waals surface area contributed by atoms with Gasteiger partial charge in [-0.1, -0.05) is 18.3 Å². The van der Waals surface area contributed by atoms with Crippen LogP contribution < -0.4 is 5.32 Å². The van der Waals surface area contributed by atoms with E-state index in [1.165, 1.54) is 16.2 Å². The second kappa shape index (κ2) is 6.65. The Hall–Kier alpha value is -1.70. The Morgan fingerprint density at radius 3 is 2.45 bits per heavy atom. The van der Waals surface area contributed by atoms with Crippen LogP contribution in [0.3, 0.4) is 0 Å². The molecule has 0 spiro atoms. The van der Waals surface area contributed by atoms with Crippen molar-refractivity contribution in [3.8, 4) is 0 Å². The van der Waals surface area contributed by atoms with E-state index in [-0.39, 0.29) is 19.0 Å². The number of hydrogen-bond acceptors (Lipinski definition) is 5. The normalized spacial score (nSPS) is 11.2. The van der Waals surface area contributed by atoms with Crippen molar-refractivity contribution in [1.82, 2.24) is 15.1 Å². The van der Waals surface area contributed by atoms with Gasteiger partial charge in [0.1, 0.15) is 5.01 Å². The Balaban J connectivity index is 2.74. The van der Waals surface area contributed by atoms with E-state index in [1.807, 2.05) is 27.7 Å². The van der Waals surface area contributed by atoms with Crippen LogP contribution in [0.25, 0.3) is 0 Å². The summed E-state index contributed by atoms with van der Waals surface area (Å²) in [5.41, 5.74) is -0.474. The molecule has 20 heavy (non-hydrogen) atoms. The van der Waals surface area contributed by atoms with Crippen LogP contribution >= 0.6 is 11.3 Å². The van der Waals surface area contributed by atoms with Gasteiger partial charge in [-0.15, -0.1) is 10.2 Å². The van der Waals surface area contributed by atoms with E-state index in [0.29, 0.717) is 5.13 Å². The largest absolute Gasteiger partial charge is 0.481 e. The van der Waals surface area contributed by atoms with Gasteiger partial charge in [-0.3, -0.25) is 10.1 Å². The second-order valence-electron chi connectivity index (χ2n) is 5.25. The number of hydrogen-bond donors (Lipinski definition) is 2. The lowest BCUT2D eigenvalue weighted by molar-refractivity contribution is -0.137. The lowest BCUT2D eigenvalue weighted by Crippen LogP contribution is -2.48. The molecule has 112 valence electrons. The number of urea groups is 1. The van der Waals surface area contributed by atoms with Crippen molar-refractivity contribution in [3.05, 3.63) is 5.01 Å². The summed E-state index contributed by atoms with van der Waals surface area (Å²) in [6.07, 6.45) is 0.663. The molecule has 1 aromatic heterocycles. The zero-order chi connectivity index (χ0) is 15.3. The molecular formula is C12H20N4O3S. The van der Waals surface area contributed by atoms with Gasteiger partial charge in [0.15, 0.2) is 0 Å². The summed E-state index contributed by atoms with van der Waals surface area (Å²) in [5.74, 6) is -0.934. The van der Waals surface area contributed by atoms with Crippen LogP contribution in [0.4, 0.5) is 9.93 Å². The van der Waals surface area contributed by atoms with Gasteiger partial charge in [0.05, 0.1) is 6.42 Å². The van der Waals surface area contributed by atoms with Gasteiger partial charge in [0, 0.05) is 12.1 Å². The third-order valence-electron chi connectivity index (χ3n) is 2.59. The molecule has 0 saturated carbocycles. The molecule has 0 unspecified atom stereocenters. The summed E-state index contributed by atoms with van der Waals surface area (Å²) in [4.78, 5) is 24.4. The fourth-order valence-electron chi connectivity index (χ4n) is 1.55. The van der Waals surface area contributed by atoms with Crippen molar-refractivity contribution < 1.29 is 14.7 Å². The lowest BCUT2D eigenvalue weighted by atomic mass is 10.1. The van der Waals surface area contributed by atoms with Gasteiger partial charge >= 0.3 is 12.0 Å². The fraction of sp³-hybridized carbons (Fsp3) is 0.667.